The molecule has 0 aliphatic heterocycles. The number of hydrogen-bond acceptors (Lipinski definition) is 6. The molecule has 1 amide bonds. The molecule has 24 heavy (non-hydrogen) atoms. The molecule has 1 aliphatic carbocycles. The summed E-state index contributed by atoms with van der Waals surface area (Å²) in [5, 5.41) is 11.8. The van der Waals surface area contributed by atoms with E-state index in [-0.39, 0.29) is 5.91 Å². The quantitative estimate of drug-likeness (QED) is 0.729. The van der Waals surface area contributed by atoms with E-state index in [1.807, 2.05) is 30.1 Å². The molecular weight excluding hydrogens is 340 g/mol. The number of benzene rings is 1. The average Bonchev–Trinajstić information content (AvgIpc) is 3.36. The Bertz CT molecular complexity index is 672. The van der Waals surface area contributed by atoms with Crippen LogP contribution in [-0.4, -0.2) is 39.8 Å². The minimum absolute atomic E-state index is 0.171. The molecule has 0 bridgehead atoms. The van der Waals surface area contributed by atoms with Crippen molar-refractivity contribution in [1.82, 2.24) is 15.1 Å². The lowest BCUT2D eigenvalue weighted by atomic mass is 10.1. The van der Waals surface area contributed by atoms with Gasteiger partial charge in [-0.1, -0.05) is 53.4 Å². The third-order valence-corrected chi connectivity index (χ3v) is 6.31. The summed E-state index contributed by atoms with van der Waals surface area (Å²) in [6.07, 6.45) is 2.46. The Balaban J connectivity index is 1.63. The number of aromatic nitrogens is 2. The minimum Gasteiger partial charge on any atom is -0.363 e. The SMILES string of the molecule is CNc1nnc(SCC(=O)N(Cc2ccccc2)C(C)C2CC2)s1. The molecule has 1 saturated carbocycles. The highest BCUT2D eigenvalue weighted by molar-refractivity contribution is 8.01. The molecule has 1 N–H and O–H groups in total. The fourth-order valence-electron chi connectivity index (χ4n) is 2.65. The molecule has 2 aromatic rings. The maximum absolute atomic E-state index is 12.8. The summed E-state index contributed by atoms with van der Waals surface area (Å²) in [5.41, 5.74) is 1.18. The van der Waals surface area contributed by atoms with Gasteiger partial charge in [0, 0.05) is 19.6 Å². The summed E-state index contributed by atoms with van der Waals surface area (Å²) in [5.74, 6) is 1.23. The number of carbonyl (C=O) groups is 1. The average molecular weight is 363 g/mol. The maximum atomic E-state index is 12.8. The zero-order chi connectivity index (χ0) is 16.9. The van der Waals surface area contributed by atoms with Crippen molar-refractivity contribution >= 4 is 34.1 Å². The smallest absolute Gasteiger partial charge is 0.233 e. The lowest BCUT2D eigenvalue weighted by Gasteiger charge is -2.29. The molecule has 5 nitrogen and oxygen atoms in total. The molecule has 7 heteroatoms. The van der Waals surface area contributed by atoms with Crippen molar-refractivity contribution in [3.05, 3.63) is 35.9 Å². The number of hydrogen-bond donors (Lipinski definition) is 1. The van der Waals surface area contributed by atoms with Gasteiger partial charge in [0.2, 0.25) is 11.0 Å². The van der Waals surface area contributed by atoms with E-state index in [0.29, 0.717) is 24.3 Å². The van der Waals surface area contributed by atoms with Crippen molar-refractivity contribution in [1.29, 1.82) is 0 Å². The summed E-state index contributed by atoms with van der Waals surface area (Å²) in [6, 6.07) is 10.5. The molecule has 128 valence electrons. The van der Waals surface area contributed by atoms with Gasteiger partial charge >= 0.3 is 0 Å². The van der Waals surface area contributed by atoms with Crippen molar-refractivity contribution in [3.63, 3.8) is 0 Å². The van der Waals surface area contributed by atoms with E-state index in [9.17, 15) is 4.79 Å². The normalized spacial score (nSPS) is 15.1. The number of nitrogens with one attached hydrogen (secondary N) is 1. The maximum Gasteiger partial charge on any atom is 0.233 e. The van der Waals surface area contributed by atoms with E-state index >= 15 is 0 Å². The number of amides is 1. The predicted molar refractivity (Wildman–Crippen MR) is 99.4 cm³/mol. The zero-order valence-electron chi connectivity index (χ0n) is 13.9. The molecule has 0 spiro atoms. The number of carbonyl (C=O) groups excluding carboxylic acids is 1. The van der Waals surface area contributed by atoms with Crippen LogP contribution in [0.4, 0.5) is 5.13 Å². The zero-order valence-corrected chi connectivity index (χ0v) is 15.6. The predicted octanol–water partition coefficient (Wildman–Crippen LogP) is 3.50. The Hall–Kier alpha value is -1.60. The molecule has 1 aromatic carbocycles. The number of thioether (sulfide) groups is 1. The first-order chi connectivity index (χ1) is 11.7. The Morgan fingerprint density at radius 2 is 2.12 bits per heavy atom. The molecule has 0 saturated heterocycles. The van der Waals surface area contributed by atoms with E-state index in [0.717, 1.165) is 9.47 Å². The first kappa shape index (κ1) is 17.2. The highest BCUT2D eigenvalue weighted by Crippen LogP contribution is 2.36. The molecule has 1 unspecified atom stereocenters. The van der Waals surface area contributed by atoms with Crippen LogP contribution in [0.15, 0.2) is 34.7 Å². The highest BCUT2D eigenvalue weighted by atomic mass is 32.2. The molecule has 0 radical (unpaired) electrons. The molecule has 1 aliphatic rings. The lowest BCUT2D eigenvalue weighted by Crippen LogP contribution is -2.40. The minimum atomic E-state index is 0.171. The Kier molecular flexibility index (Phi) is 5.73. The summed E-state index contributed by atoms with van der Waals surface area (Å²) >= 11 is 2.94. The van der Waals surface area contributed by atoms with Gasteiger partial charge < -0.3 is 10.2 Å². The van der Waals surface area contributed by atoms with Crippen LogP contribution >= 0.6 is 23.1 Å². The fourth-order valence-corrected chi connectivity index (χ4v) is 4.24. The van der Waals surface area contributed by atoms with Crippen LogP contribution in [0.25, 0.3) is 0 Å². The van der Waals surface area contributed by atoms with Gasteiger partial charge in [-0.2, -0.15) is 0 Å². The van der Waals surface area contributed by atoms with E-state index < -0.39 is 0 Å². The fraction of sp³-hybridized carbons (Fsp3) is 0.471. The first-order valence-corrected chi connectivity index (χ1v) is 9.95. The molecule has 1 fully saturated rings. The van der Waals surface area contributed by atoms with Gasteiger partial charge in [-0.3, -0.25) is 4.79 Å². The molecule has 1 heterocycles. The van der Waals surface area contributed by atoms with Gasteiger partial charge in [0.15, 0.2) is 4.34 Å². The van der Waals surface area contributed by atoms with Crippen molar-refractivity contribution < 1.29 is 4.79 Å². The van der Waals surface area contributed by atoms with Crippen molar-refractivity contribution in [2.45, 2.75) is 36.7 Å². The topological polar surface area (TPSA) is 58.1 Å². The van der Waals surface area contributed by atoms with Gasteiger partial charge in [-0.15, -0.1) is 10.2 Å². The van der Waals surface area contributed by atoms with Crippen molar-refractivity contribution in [2.75, 3.05) is 18.1 Å². The monoisotopic (exact) mass is 362 g/mol. The van der Waals surface area contributed by atoms with Gasteiger partial charge in [-0.25, -0.2) is 0 Å². The van der Waals surface area contributed by atoms with Crippen LogP contribution < -0.4 is 5.32 Å². The van der Waals surface area contributed by atoms with Gasteiger partial charge in [0.05, 0.1) is 5.75 Å². The van der Waals surface area contributed by atoms with Crippen LogP contribution in [0.1, 0.15) is 25.3 Å². The molecular formula is C17H22N4OS2. The van der Waals surface area contributed by atoms with Crippen LogP contribution in [-0.2, 0) is 11.3 Å². The lowest BCUT2D eigenvalue weighted by molar-refractivity contribution is -0.131. The second-order valence-corrected chi connectivity index (χ2v) is 8.20. The van der Waals surface area contributed by atoms with E-state index in [1.165, 1.54) is 41.5 Å². The molecule has 3 rings (SSSR count). The summed E-state index contributed by atoms with van der Waals surface area (Å²) in [4.78, 5) is 14.8. The van der Waals surface area contributed by atoms with E-state index in [2.05, 4.69) is 34.6 Å². The standard InChI is InChI=1S/C17H22N4OS2/c1-12(14-8-9-14)21(10-13-6-4-3-5-7-13)15(22)11-23-17-20-19-16(18-2)24-17/h3-7,12,14H,8-11H2,1-2H3,(H,18,19). The Labute approximate surface area is 150 Å². The second-order valence-electron chi connectivity index (χ2n) is 6.00. The molecule has 1 atom stereocenters. The van der Waals surface area contributed by atoms with Gasteiger partial charge in [0.25, 0.3) is 0 Å². The van der Waals surface area contributed by atoms with Crippen LogP contribution in [0.5, 0.6) is 0 Å². The third kappa shape index (κ3) is 4.48. The molecule has 1 aromatic heterocycles. The number of anilines is 1. The number of rotatable bonds is 8. The van der Waals surface area contributed by atoms with Crippen molar-refractivity contribution in [2.24, 2.45) is 5.92 Å². The Morgan fingerprint density at radius 3 is 2.75 bits per heavy atom. The summed E-state index contributed by atoms with van der Waals surface area (Å²) in [6.45, 7) is 2.85. The third-order valence-electron chi connectivity index (χ3n) is 4.25. The van der Waals surface area contributed by atoms with Gasteiger partial charge in [-0.05, 0) is 31.2 Å². The van der Waals surface area contributed by atoms with Crippen LogP contribution in [0.3, 0.4) is 0 Å². The van der Waals surface area contributed by atoms with Crippen LogP contribution in [0, 0.1) is 5.92 Å². The summed E-state index contributed by atoms with van der Waals surface area (Å²) in [7, 11) is 1.82. The van der Waals surface area contributed by atoms with E-state index in [4.69, 9.17) is 0 Å². The van der Waals surface area contributed by atoms with Gasteiger partial charge in [0.1, 0.15) is 0 Å². The van der Waals surface area contributed by atoms with Crippen LogP contribution in [0.2, 0.25) is 0 Å². The second kappa shape index (κ2) is 7.98. The number of nitrogens with zero attached hydrogens (tertiary/aromatic N) is 3. The first-order valence-electron chi connectivity index (χ1n) is 8.15. The van der Waals surface area contributed by atoms with Crippen molar-refractivity contribution in [3.8, 4) is 0 Å². The summed E-state index contributed by atoms with van der Waals surface area (Å²) < 4.78 is 0.825. The highest BCUT2D eigenvalue weighted by Gasteiger charge is 2.34. The Morgan fingerprint density at radius 1 is 1.38 bits per heavy atom. The van der Waals surface area contributed by atoms with E-state index in [1.54, 1.807) is 0 Å². The largest absolute Gasteiger partial charge is 0.363 e.